The van der Waals surface area contributed by atoms with Crippen LogP contribution < -0.4 is 10.6 Å². The first kappa shape index (κ1) is 31.3. The molecule has 1 aliphatic heterocycles. The van der Waals surface area contributed by atoms with Crippen molar-refractivity contribution in [2.45, 2.75) is 70.7 Å². The number of aliphatic hydroxyl groups excluding tert-OH is 1. The monoisotopic (exact) mass is 628 g/mol. The number of amides is 1. The first-order chi connectivity index (χ1) is 21.4. The van der Waals surface area contributed by atoms with Crippen LogP contribution in [0.3, 0.4) is 0 Å². The standard InChI is InChI=1S/C27H28F2N8O3S.C2H6O/c28-18-8-9-22(29)34-23(18)24-20(13-37(35-24)17-5-2-1-3-6-17)32-25(38)21-14-41-26(33-21)16-11-31-36(12-16)15-40-27(39)19-7-4-10-30-19;1-2-3/h8-9,11-14,17,19,30H,1-7,10,15H2,(H,32,38);3H,2H2,1H3. The third kappa shape index (κ3) is 7.52. The summed E-state index contributed by atoms with van der Waals surface area (Å²) in [5.41, 5.74) is 0.797. The minimum Gasteiger partial charge on any atom is -0.441 e. The molecule has 1 saturated carbocycles. The Bertz CT molecular complexity index is 1580. The van der Waals surface area contributed by atoms with Gasteiger partial charge in [-0.3, -0.25) is 14.3 Å². The number of halogens is 2. The van der Waals surface area contributed by atoms with Crippen LogP contribution in [0, 0.1) is 11.8 Å². The van der Waals surface area contributed by atoms with Gasteiger partial charge in [-0.05, 0) is 51.3 Å². The first-order valence-corrected chi connectivity index (χ1v) is 15.5. The molecular formula is C29H34F2N8O4S. The van der Waals surface area contributed by atoms with Gasteiger partial charge in [-0.15, -0.1) is 11.3 Å². The number of aromatic nitrogens is 6. The Kier molecular flexibility index (Phi) is 10.4. The molecule has 1 unspecified atom stereocenters. The van der Waals surface area contributed by atoms with Crippen molar-refractivity contribution in [1.29, 1.82) is 0 Å². The van der Waals surface area contributed by atoms with Crippen molar-refractivity contribution < 1.29 is 28.2 Å². The zero-order chi connectivity index (χ0) is 31.1. The quantitative estimate of drug-likeness (QED) is 0.189. The summed E-state index contributed by atoms with van der Waals surface area (Å²) in [7, 11) is 0. The van der Waals surface area contributed by atoms with E-state index in [0.29, 0.717) is 10.6 Å². The molecule has 0 spiro atoms. The summed E-state index contributed by atoms with van der Waals surface area (Å²) in [5, 5.41) is 24.3. The number of ether oxygens (including phenoxy) is 1. The summed E-state index contributed by atoms with van der Waals surface area (Å²) in [6.07, 6.45) is 11.7. The Morgan fingerprint density at radius 1 is 1.11 bits per heavy atom. The van der Waals surface area contributed by atoms with Gasteiger partial charge in [0.15, 0.2) is 12.5 Å². The van der Waals surface area contributed by atoms with Gasteiger partial charge in [-0.1, -0.05) is 19.3 Å². The number of hydrogen-bond donors (Lipinski definition) is 3. The van der Waals surface area contributed by atoms with Gasteiger partial charge in [-0.2, -0.15) is 14.6 Å². The highest BCUT2D eigenvalue weighted by Gasteiger charge is 2.25. The van der Waals surface area contributed by atoms with Crippen molar-refractivity contribution >= 4 is 28.9 Å². The van der Waals surface area contributed by atoms with Crippen LogP contribution in [0.5, 0.6) is 0 Å². The molecule has 234 valence electrons. The number of esters is 1. The molecule has 12 nitrogen and oxygen atoms in total. The second-order valence-corrected chi connectivity index (χ2v) is 11.3. The summed E-state index contributed by atoms with van der Waals surface area (Å²) >= 11 is 1.25. The van der Waals surface area contributed by atoms with Gasteiger partial charge in [0.2, 0.25) is 5.95 Å². The van der Waals surface area contributed by atoms with Crippen molar-refractivity contribution in [2.24, 2.45) is 0 Å². The van der Waals surface area contributed by atoms with Gasteiger partial charge in [0.05, 0.1) is 17.9 Å². The number of carbonyl (C=O) groups excluding carboxylic acids is 2. The summed E-state index contributed by atoms with van der Waals surface area (Å²) in [4.78, 5) is 33.5. The fourth-order valence-electron chi connectivity index (χ4n) is 5.13. The van der Waals surface area contributed by atoms with E-state index in [-0.39, 0.29) is 54.2 Å². The molecule has 5 heterocycles. The van der Waals surface area contributed by atoms with Crippen molar-refractivity contribution in [3.8, 4) is 22.0 Å². The minimum atomic E-state index is -0.847. The predicted molar refractivity (Wildman–Crippen MR) is 159 cm³/mol. The number of thiazole rings is 1. The van der Waals surface area contributed by atoms with Crippen LogP contribution in [0.15, 0.2) is 36.1 Å². The lowest BCUT2D eigenvalue weighted by Gasteiger charge is -2.21. The SMILES string of the molecule is CCO.O=C(Nc1cn(C2CCCCC2)nc1-c1nc(F)ccc1F)c1csc(-c2cnn(COC(=O)C3CCCN3)c2)n1. The molecule has 2 aliphatic rings. The van der Waals surface area contributed by atoms with Crippen molar-refractivity contribution in [1.82, 2.24) is 34.8 Å². The van der Waals surface area contributed by atoms with Crippen molar-refractivity contribution in [3.05, 3.63) is 53.6 Å². The Morgan fingerprint density at radius 3 is 2.66 bits per heavy atom. The van der Waals surface area contributed by atoms with E-state index < -0.39 is 17.7 Å². The molecule has 6 rings (SSSR count). The molecule has 44 heavy (non-hydrogen) atoms. The molecule has 1 aliphatic carbocycles. The Labute approximate surface area is 256 Å². The van der Waals surface area contributed by atoms with Gasteiger partial charge in [0, 0.05) is 29.9 Å². The predicted octanol–water partition coefficient (Wildman–Crippen LogP) is 4.55. The van der Waals surface area contributed by atoms with Crippen LogP contribution >= 0.6 is 11.3 Å². The smallest absolute Gasteiger partial charge is 0.324 e. The number of rotatable bonds is 8. The maximum Gasteiger partial charge on any atom is 0.324 e. The summed E-state index contributed by atoms with van der Waals surface area (Å²) in [6.45, 7) is 2.70. The van der Waals surface area contributed by atoms with Gasteiger partial charge in [0.25, 0.3) is 5.91 Å². The Hall–Kier alpha value is -4.08. The highest BCUT2D eigenvalue weighted by atomic mass is 32.1. The lowest BCUT2D eigenvalue weighted by molar-refractivity contribution is -0.150. The minimum absolute atomic E-state index is 0.0336. The van der Waals surface area contributed by atoms with Crippen LogP contribution in [-0.2, 0) is 16.3 Å². The summed E-state index contributed by atoms with van der Waals surface area (Å²) < 4.78 is 37.1. The molecular weight excluding hydrogens is 594 g/mol. The molecule has 1 atom stereocenters. The second-order valence-electron chi connectivity index (χ2n) is 10.4. The fraction of sp³-hybridized carbons (Fsp3) is 0.448. The molecule has 3 N–H and O–H groups in total. The highest BCUT2D eigenvalue weighted by molar-refractivity contribution is 7.13. The number of hydrogen-bond acceptors (Lipinski definition) is 10. The van der Waals surface area contributed by atoms with Crippen LogP contribution in [0.4, 0.5) is 14.5 Å². The van der Waals surface area contributed by atoms with Crippen LogP contribution in [-0.4, -0.2) is 65.7 Å². The van der Waals surface area contributed by atoms with Crippen LogP contribution in [0.2, 0.25) is 0 Å². The van der Waals surface area contributed by atoms with E-state index in [1.165, 1.54) is 16.0 Å². The first-order valence-electron chi connectivity index (χ1n) is 14.6. The Morgan fingerprint density at radius 2 is 1.91 bits per heavy atom. The average Bonchev–Trinajstić information content (AvgIpc) is 3.85. The Balaban J connectivity index is 0.00000123. The molecule has 0 aromatic carbocycles. The zero-order valence-electron chi connectivity index (χ0n) is 24.2. The van der Waals surface area contributed by atoms with E-state index in [1.54, 1.807) is 35.6 Å². The van der Waals surface area contributed by atoms with Crippen LogP contribution in [0.25, 0.3) is 22.0 Å². The van der Waals surface area contributed by atoms with E-state index in [1.807, 2.05) is 0 Å². The molecule has 0 bridgehead atoms. The lowest BCUT2D eigenvalue weighted by Crippen LogP contribution is -2.32. The van der Waals surface area contributed by atoms with Crippen molar-refractivity contribution in [2.75, 3.05) is 18.5 Å². The number of pyridine rings is 1. The van der Waals surface area contributed by atoms with Crippen LogP contribution in [0.1, 0.15) is 68.4 Å². The number of aliphatic hydroxyl groups is 1. The molecule has 1 saturated heterocycles. The topological polar surface area (TPSA) is 149 Å². The largest absolute Gasteiger partial charge is 0.441 e. The molecule has 0 radical (unpaired) electrons. The normalized spacial score (nSPS) is 16.8. The van der Waals surface area contributed by atoms with E-state index in [4.69, 9.17) is 9.84 Å². The van der Waals surface area contributed by atoms with Gasteiger partial charge in [-0.25, -0.2) is 19.0 Å². The van der Waals surface area contributed by atoms with E-state index in [9.17, 15) is 18.4 Å². The van der Waals surface area contributed by atoms with E-state index >= 15 is 0 Å². The highest BCUT2D eigenvalue weighted by Crippen LogP contribution is 2.34. The molecule has 15 heteroatoms. The lowest BCUT2D eigenvalue weighted by atomic mass is 9.96. The average molecular weight is 629 g/mol. The second kappa shape index (κ2) is 14.6. The van der Waals surface area contributed by atoms with Gasteiger partial charge >= 0.3 is 5.97 Å². The van der Waals surface area contributed by atoms with E-state index in [0.717, 1.165) is 63.6 Å². The van der Waals surface area contributed by atoms with Gasteiger partial charge < -0.3 is 20.5 Å². The van der Waals surface area contributed by atoms with Crippen molar-refractivity contribution in [3.63, 3.8) is 0 Å². The summed E-state index contributed by atoms with van der Waals surface area (Å²) in [5.74, 6) is -2.43. The zero-order valence-corrected chi connectivity index (χ0v) is 25.0. The number of nitrogens with zero attached hydrogens (tertiary/aromatic N) is 6. The maximum absolute atomic E-state index is 14.7. The fourth-order valence-corrected chi connectivity index (χ4v) is 5.91. The summed E-state index contributed by atoms with van der Waals surface area (Å²) in [6, 6.07) is 1.74. The van der Waals surface area contributed by atoms with E-state index in [2.05, 4.69) is 30.8 Å². The molecule has 4 aromatic heterocycles. The number of anilines is 1. The maximum atomic E-state index is 14.7. The van der Waals surface area contributed by atoms with Gasteiger partial charge in [0.1, 0.15) is 28.1 Å². The molecule has 4 aromatic rings. The molecule has 1 amide bonds. The number of carbonyl (C=O) groups is 2. The third-order valence-electron chi connectivity index (χ3n) is 7.27. The number of nitrogens with one attached hydrogen (secondary N) is 2. The molecule has 2 fully saturated rings. The third-order valence-corrected chi connectivity index (χ3v) is 8.16.